The van der Waals surface area contributed by atoms with Gasteiger partial charge in [-0.25, -0.2) is 13.6 Å². The maximum atomic E-state index is 12.3. The third-order valence-electron chi connectivity index (χ3n) is 3.80. The minimum atomic E-state index is -3.75. The van der Waals surface area contributed by atoms with Crippen molar-refractivity contribution in [3.05, 3.63) is 23.3 Å². The Morgan fingerprint density at radius 2 is 1.90 bits per heavy atom. The highest BCUT2D eigenvalue weighted by molar-refractivity contribution is 7.89. The molecular weight excluding hydrogens is 292 g/mol. The maximum absolute atomic E-state index is 12.3. The average Bonchev–Trinajstić information content (AvgIpc) is 2.78. The fourth-order valence-corrected chi connectivity index (χ4v) is 3.26. The first-order chi connectivity index (χ1) is 9.70. The van der Waals surface area contributed by atoms with Crippen LogP contribution in [0.3, 0.4) is 0 Å². The van der Waals surface area contributed by atoms with Gasteiger partial charge >= 0.3 is 0 Å². The molecule has 2 unspecified atom stereocenters. The summed E-state index contributed by atoms with van der Waals surface area (Å²) in [5, 5.41) is 8.01. The number of hydrogen-bond acceptors (Lipinski definition) is 4. The number of aryl methyl sites for hydroxylation is 2. The molecule has 2 atom stereocenters. The molecular formula is C14H20N2O4S. The molecule has 2 rings (SSSR count). The monoisotopic (exact) mass is 312 g/mol. The van der Waals surface area contributed by atoms with Gasteiger partial charge in [0.1, 0.15) is 0 Å². The lowest BCUT2D eigenvalue weighted by Crippen LogP contribution is -2.28. The molecule has 0 radical (unpaired) electrons. The molecule has 1 aliphatic heterocycles. The lowest BCUT2D eigenvalue weighted by atomic mass is 10.0. The predicted octanol–water partition coefficient (Wildman–Crippen LogP) is 1.31. The van der Waals surface area contributed by atoms with E-state index in [1.807, 2.05) is 6.92 Å². The molecule has 6 nitrogen and oxygen atoms in total. The van der Waals surface area contributed by atoms with E-state index in [0.29, 0.717) is 29.8 Å². The molecule has 0 saturated carbocycles. The Balaban J connectivity index is 2.27. The molecule has 0 bridgehead atoms. The van der Waals surface area contributed by atoms with Gasteiger partial charge in [-0.15, -0.1) is 0 Å². The first-order valence-electron chi connectivity index (χ1n) is 6.76. The number of hydrogen-bond donors (Lipinski definition) is 2. The van der Waals surface area contributed by atoms with Crippen molar-refractivity contribution >= 4 is 21.6 Å². The summed E-state index contributed by atoms with van der Waals surface area (Å²) in [4.78, 5) is 12.3. The van der Waals surface area contributed by atoms with Crippen molar-refractivity contribution in [3.8, 4) is 0 Å². The molecule has 1 aromatic carbocycles. The number of nitrogens with one attached hydrogen (secondary N) is 1. The second-order valence-corrected chi connectivity index (χ2v) is 7.00. The molecule has 1 aliphatic rings. The number of anilines is 1. The first-order valence-corrected chi connectivity index (χ1v) is 8.31. The maximum Gasteiger partial charge on any atom is 0.238 e. The topological polar surface area (TPSA) is 98.5 Å². The second-order valence-electron chi connectivity index (χ2n) is 5.44. The summed E-state index contributed by atoms with van der Waals surface area (Å²) in [7, 11) is -3.75. The van der Waals surface area contributed by atoms with Crippen LogP contribution in [0.4, 0.5) is 5.69 Å². The Bertz CT molecular complexity index is 647. The third kappa shape index (κ3) is 3.42. The number of benzene rings is 1. The van der Waals surface area contributed by atoms with Crippen LogP contribution in [0.25, 0.3) is 0 Å². The molecule has 1 amide bonds. The molecule has 21 heavy (non-hydrogen) atoms. The van der Waals surface area contributed by atoms with E-state index in [4.69, 9.17) is 9.88 Å². The molecule has 0 spiro atoms. The van der Waals surface area contributed by atoms with E-state index in [9.17, 15) is 13.2 Å². The summed E-state index contributed by atoms with van der Waals surface area (Å²) in [6.45, 7) is 5.94. The van der Waals surface area contributed by atoms with Crippen LogP contribution in [-0.4, -0.2) is 27.0 Å². The number of amides is 1. The van der Waals surface area contributed by atoms with Crippen LogP contribution >= 0.6 is 0 Å². The van der Waals surface area contributed by atoms with Gasteiger partial charge in [0.15, 0.2) is 0 Å². The minimum Gasteiger partial charge on any atom is -0.378 e. The van der Waals surface area contributed by atoms with E-state index in [-0.39, 0.29) is 22.8 Å². The highest BCUT2D eigenvalue weighted by Gasteiger charge is 2.31. The zero-order valence-corrected chi connectivity index (χ0v) is 13.2. The van der Waals surface area contributed by atoms with Gasteiger partial charge in [0, 0.05) is 12.3 Å². The molecule has 1 saturated heterocycles. The van der Waals surface area contributed by atoms with Crippen LogP contribution < -0.4 is 10.5 Å². The van der Waals surface area contributed by atoms with Crippen molar-refractivity contribution in [2.45, 2.75) is 38.2 Å². The van der Waals surface area contributed by atoms with Gasteiger partial charge in [0.2, 0.25) is 15.9 Å². The lowest BCUT2D eigenvalue weighted by Gasteiger charge is -2.17. The van der Waals surface area contributed by atoms with Crippen molar-refractivity contribution in [1.29, 1.82) is 0 Å². The van der Waals surface area contributed by atoms with Crippen molar-refractivity contribution in [2.75, 3.05) is 11.9 Å². The number of ether oxygens (including phenoxy) is 1. The second kappa shape index (κ2) is 5.75. The molecule has 1 fully saturated rings. The van der Waals surface area contributed by atoms with E-state index in [1.54, 1.807) is 13.8 Å². The predicted molar refractivity (Wildman–Crippen MR) is 79.4 cm³/mol. The fourth-order valence-electron chi connectivity index (χ4n) is 2.58. The molecule has 7 heteroatoms. The summed E-state index contributed by atoms with van der Waals surface area (Å²) < 4.78 is 28.2. The van der Waals surface area contributed by atoms with Crippen molar-refractivity contribution in [3.63, 3.8) is 0 Å². The number of carbonyl (C=O) groups excluding carboxylic acids is 1. The third-order valence-corrected chi connectivity index (χ3v) is 4.69. The molecule has 1 aromatic rings. The van der Waals surface area contributed by atoms with E-state index >= 15 is 0 Å². The Labute approximate surface area is 124 Å². The zero-order valence-electron chi connectivity index (χ0n) is 12.3. The molecule has 1 heterocycles. The summed E-state index contributed by atoms with van der Waals surface area (Å²) in [5.74, 6) is -0.281. The molecule has 0 aliphatic carbocycles. The van der Waals surface area contributed by atoms with Crippen LogP contribution in [0, 0.1) is 19.8 Å². The van der Waals surface area contributed by atoms with E-state index in [1.165, 1.54) is 12.1 Å². The number of carbonyl (C=O) groups is 1. The fraction of sp³-hybridized carbons (Fsp3) is 0.500. The summed E-state index contributed by atoms with van der Waals surface area (Å²) in [5.41, 5.74) is 1.96. The zero-order chi connectivity index (χ0) is 15.8. The highest BCUT2D eigenvalue weighted by Crippen LogP contribution is 2.27. The summed E-state index contributed by atoms with van der Waals surface area (Å²) >= 11 is 0. The van der Waals surface area contributed by atoms with Gasteiger partial charge in [-0.2, -0.15) is 0 Å². The molecule has 3 N–H and O–H groups in total. The largest absolute Gasteiger partial charge is 0.378 e. The van der Waals surface area contributed by atoms with E-state index < -0.39 is 10.0 Å². The standard InChI is InChI=1S/C14H20N2O4S/c1-8-6-11(21(15,18)19)7-9(2)13(8)16-14(17)12-4-5-20-10(12)3/h6-7,10,12H,4-5H2,1-3H3,(H,16,17)(H2,15,18,19). The van der Waals surface area contributed by atoms with Gasteiger partial charge < -0.3 is 10.1 Å². The highest BCUT2D eigenvalue weighted by atomic mass is 32.2. The van der Waals surface area contributed by atoms with Crippen LogP contribution in [0.2, 0.25) is 0 Å². The van der Waals surface area contributed by atoms with Gasteiger partial charge in [-0.05, 0) is 50.5 Å². The SMILES string of the molecule is Cc1cc(S(N)(=O)=O)cc(C)c1NC(=O)C1CCOC1C. The Morgan fingerprint density at radius 1 is 1.33 bits per heavy atom. The van der Waals surface area contributed by atoms with Gasteiger partial charge in [-0.3, -0.25) is 4.79 Å². The Kier molecular flexibility index (Phi) is 4.36. The number of nitrogens with two attached hydrogens (primary N) is 1. The first kappa shape index (κ1) is 15.9. The summed E-state index contributed by atoms with van der Waals surface area (Å²) in [6, 6.07) is 2.93. The molecule has 116 valence electrons. The Hall–Kier alpha value is -1.44. The summed E-state index contributed by atoms with van der Waals surface area (Å²) in [6.07, 6.45) is 0.592. The normalized spacial score (nSPS) is 22.3. The number of rotatable bonds is 3. The smallest absolute Gasteiger partial charge is 0.238 e. The molecule has 0 aromatic heterocycles. The van der Waals surface area contributed by atoms with Crippen LogP contribution in [0.1, 0.15) is 24.5 Å². The van der Waals surface area contributed by atoms with Crippen LogP contribution in [-0.2, 0) is 19.6 Å². The number of primary sulfonamides is 1. The van der Waals surface area contributed by atoms with Crippen molar-refractivity contribution in [2.24, 2.45) is 11.1 Å². The van der Waals surface area contributed by atoms with Crippen LogP contribution in [0.15, 0.2) is 17.0 Å². The minimum absolute atomic E-state index is 0.0491. The number of sulfonamides is 1. The van der Waals surface area contributed by atoms with E-state index in [2.05, 4.69) is 5.32 Å². The lowest BCUT2D eigenvalue weighted by molar-refractivity contribution is -0.121. The van der Waals surface area contributed by atoms with Gasteiger partial charge in [0.25, 0.3) is 0 Å². The van der Waals surface area contributed by atoms with Crippen molar-refractivity contribution < 1.29 is 17.9 Å². The van der Waals surface area contributed by atoms with Crippen LogP contribution in [0.5, 0.6) is 0 Å². The van der Waals surface area contributed by atoms with Gasteiger partial charge in [-0.1, -0.05) is 0 Å². The van der Waals surface area contributed by atoms with E-state index in [0.717, 1.165) is 0 Å². The Morgan fingerprint density at radius 3 is 2.33 bits per heavy atom. The van der Waals surface area contributed by atoms with Crippen molar-refractivity contribution in [1.82, 2.24) is 0 Å². The van der Waals surface area contributed by atoms with Gasteiger partial charge in [0.05, 0.1) is 16.9 Å². The quantitative estimate of drug-likeness (QED) is 0.879. The average molecular weight is 312 g/mol.